The molecule has 0 amide bonds. The third-order valence-electron chi connectivity index (χ3n) is 1.84. The number of rotatable bonds is 3. The summed E-state index contributed by atoms with van der Waals surface area (Å²) in [6.07, 6.45) is 0.373. The number of hydrogen-bond donors (Lipinski definition) is 3. The summed E-state index contributed by atoms with van der Waals surface area (Å²) in [4.78, 5) is 0. The van der Waals surface area contributed by atoms with Crippen molar-refractivity contribution in [2.45, 2.75) is 19.6 Å². The number of piperazine rings is 1. The Morgan fingerprint density at radius 2 is 2.18 bits per heavy atom. The molecule has 1 rings (SSSR count). The van der Waals surface area contributed by atoms with Gasteiger partial charge in [-0.05, 0) is 6.42 Å². The lowest BCUT2D eigenvalue weighted by Crippen LogP contribution is -2.53. The summed E-state index contributed by atoms with van der Waals surface area (Å²) in [6, 6.07) is 0. The lowest BCUT2D eigenvalue weighted by molar-refractivity contribution is 0.0260. The van der Waals surface area contributed by atoms with Crippen molar-refractivity contribution in [1.82, 2.24) is 15.8 Å². The minimum atomic E-state index is -0.381. The van der Waals surface area contributed by atoms with Gasteiger partial charge in [-0.25, -0.2) is 10.4 Å². The zero-order chi connectivity index (χ0) is 8.10. The average Bonchev–Trinajstić information content (AvgIpc) is 2.06. The van der Waals surface area contributed by atoms with E-state index in [2.05, 4.69) is 15.8 Å². The van der Waals surface area contributed by atoms with Crippen LogP contribution in [0.15, 0.2) is 0 Å². The number of aliphatic hydroxyl groups is 1. The Morgan fingerprint density at radius 3 is 2.73 bits per heavy atom. The maximum Gasteiger partial charge on any atom is 0.117 e. The van der Waals surface area contributed by atoms with Crippen LogP contribution in [0.4, 0.5) is 0 Å². The highest BCUT2D eigenvalue weighted by Crippen LogP contribution is 1.90. The molecule has 4 heteroatoms. The number of nitrogens with zero attached hydrogens (tertiary/aromatic N) is 1. The third-order valence-corrected chi connectivity index (χ3v) is 1.84. The van der Waals surface area contributed by atoms with E-state index in [-0.39, 0.29) is 6.23 Å². The number of hydrogen-bond acceptors (Lipinski definition) is 4. The molecule has 1 aliphatic rings. The highest BCUT2D eigenvalue weighted by molar-refractivity contribution is 4.64. The predicted octanol–water partition coefficient (Wildman–Crippen LogP) is -0.875. The zero-order valence-corrected chi connectivity index (χ0v) is 7.01. The van der Waals surface area contributed by atoms with Crippen LogP contribution in [-0.2, 0) is 0 Å². The minimum Gasteiger partial charge on any atom is -0.377 e. The van der Waals surface area contributed by atoms with Gasteiger partial charge in [0.1, 0.15) is 6.23 Å². The lowest BCUT2D eigenvalue weighted by atomic mass is 10.4. The molecule has 1 unspecified atom stereocenters. The van der Waals surface area contributed by atoms with Gasteiger partial charge in [0, 0.05) is 26.2 Å². The van der Waals surface area contributed by atoms with Crippen molar-refractivity contribution in [3.63, 3.8) is 0 Å². The molecule has 0 bridgehead atoms. The van der Waals surface area contributed by atoms with E-state index in [1.165, 1.54) is 0 Å². The molecule has 0 aromatic heterocycles. The second-order valence-electron chi connectivity index (χ2n) is 2.79. The average molecular weight is 159 g/mol. The number of hydrazine groups is 1. The van der Waals surface area contributed by atoms with Crippen LogP contribution in [0.5, 0.6) is 0 Å². The summed E-state index contributed by atoms with van der Waals surface area (Å²) in [5.41, 5.74) is 3.02. The molecule has 1 fully saturated rings. The molecule has 0 saturated carbocycles. The molecule has 4 nitrogen and oxygen atoms in total. The zero-order valence-electron chi connectivity index (χ0n) is 7.01. The largest absolute Gasteiger partial charge is 0.377 e. The molecule has 66 valence electrons. The topological polar surface area (TPSA) is 47.5 Å². The molecule has 1 heterocycles. The summed E-state index contributed by atoms with van der Waals surface area (Å²) in [6.45, 7) is 5.90. The fourth-order valence-electron chi connectivity index (χ4n) is 1.10. The van der Waals surface area contributed by atoms with Crippen molar-refractivity contribution < 1.29 is 5.11 Å². The quantitative estimate of drug-likeness (QED) is 0.468. The summed E-state index contributed by atoms with van der Waals surface area (Å²) < 4.78 is 0. The standard InChI is InChI=1S/C7H17N3O/c1-2-7(11)9-10-5-3-8-4-6-10/h7-9,11H,2-6H2,1H3. The van der Waals surface area contributed by atoms with E-state index in [9.17, 15) is 5.11 Å². The minimum absolute atomic E-state index is 0.381. The van der Waals surface area contributed by atoms with E-state index in [1.807, 2.05) is 6.92 Å². The van der Waals surface area contributed by atoms with Crippen molar-refractivity contribution in [2.24, 2.45) is 0 Å². The molecule has 0 spiro atoms. The van der Waals surface area contributed by atoms with Gasteiger partial charge in [0.25, 0.3) is 0 Å². The molecule has 0 aliphatic carbocycles. The summed E-state index contributed by atoms with van der Waals surface area (Å²) >= 11 is 0. The fraction of sp³-hybridized carbons (Fsp3) is 1.00. The molecular weight excluding hydrogens is 142 g/mol. The second kappa shape index (κ2) is 4.66. The summed E-state index contributed by atoms with van der Waals surface area (Å²) in [7, 11) is 0. The predicted molar refractivity (Wildman–Crippen MR) is 43.9 cm³/mol. The van der Waals surface area contributed by atoms with E-state index in [0.29, 0.717) is 0 Å². The van der Waals surface area contributed by atoms with Gasteiger partial charge in [0.05, 0.1) is 0 Å². The maximum absolute atomic E-state index is 9.24. The Bertz CT molecular complexity index is 104. The lowest BCUT2D eigenvalue weighted by Gasteiger charge is -2.29. The van der Waals surface area contributed by atoms with Crippen molar-refractivity contribution in [1.29, 1.82) is 0 Å². The van der Waals surface area contributed by atoms with Gasteiger partial charge in [-0.1, -0.05) is 6.92 Å². The molecule has 1 aliphatic heterocycles. The van der Waals surface area contributed by atoms with Gasteiger partial charge in [-0.2, -0.15) is 0 Å². The smallest absolute Gasteiger partial charge is 0.117 e. The maximum atomic E-state index is 9.24. The molecule has 1 atom stereocenters. The third kappa shape index (κ3) is 3.16. The van der Waals surface area contributed by atoms with Gasteiger partial charge in [0.2, 0.25) is 0 Å². The van der Waals surface area contributed by atoms with E-state index < -0.39 is 0 Å². The summed E-state index contributed by atoms with van der Waals surface area (Å²) in [5.74, 6) is 0. The molecule has 1 saturated heterocycles. The van der Waals surface area contributed by atoms with E-state index >= 15 is 0 Å². The van der Waals surface area contributed by atoms with Gasteiger partial charge in [-0.3, -0.25) is 0 Å². The highest BCUT2D eigenvalue weighted by Gasteiger charge is 2.10. The van der Waals surface area contributed by atoms with Crippen LogP contribution in [0, 0.1) is 0 Å². The van der Waals surface area contributed by atoms with Gasteiger partial charge in [-0.15, -0.1) is 0 Å². The van der Waals surface area contributed by atoms with Crippen molar-refractivity contribution in [3.8, 4) is 0 Å². The van der Waals surface area contributed by atoms with E-state index in [4.69, 9.17) is 0 Å². The van der Waals surface area contributed by atoms with Crippen LogP contribution in [-0.4, -0.2) is 42.5 Å². The van der Waals surface area contributed by atoms with E-state index in [0.717, 1.165) is 32.6 Å². The second-order valence-corrected chi connectivity index (χ2v) is 2.79. The Kier molecular flexibility index (Phi) is 3.79. The fourth-order valence-corrected chi connectivity index (χ4v) is 1.10. The monoisotopic (exact) mass is 159 g/mol. The van der Waals surface area contributed by atoms with Crippen molar-refractivity contribution in [3.05, 3.63) is 0 Å². The van der Waals surface area contributed by atoms with Crippen LogP contribution in [0.3, 0.4) is 0 Å². The Hall–Kier alpha value is -0.160. The molecule has 0 aromatic rings. The van der Waals surface area contributed by atoms with Gasteiger partial charge < -0.3 is 10.4 Å². The van der Waals surface area contributed by atoms with Crippen LogP contribution in [0.2, 0.25) is 0 Å². The van der Waals surface area contributed by atoms with Crippen LogP contribution in [0.25, 0.3) is 0 Å². The number of nitrogens with one attached hydrogen (secondary N) is 2. The summed E-state index contributed by atoms with van der Waals surface area (Å²) in [5, 5.41) is 14.5. The molecule has 0 radical (unpaired) electrons. The Balaban J connectivity index is 2.13. The van der Waals surface area contributed by atoms with Crippen molar-refractivity contribution >= 4 is 0 Å². The SMILES string of the molecule is CCC(O)NN1CCNCC1. The first-order valence-electron chi connectivity index (χ1n) is 4.23. The first kappa shape index (κ1) is 8.93. The van der Waals surface area contributed by atoms with Crippen molar-refractivity contribution in [2.75, 3.05) is 26.2 Å². The molecule has 11 heavy (non-hydrogen) atoms. The Morgan fingerprint density at radius 1 is 1.55 bits per heavy atom. The Labute approximate surface area is 67.5 Å². The highest BCUT2D eigenvalue weighted by atomic mass is 16.3. The number of aliphatic hydroxyl groups excluding tert-OH is 1. The normalized spacial score (nSPS) is 23.5. The first-order valence-corrected chi connectivity index (χ1v) is 4.23. The molecular formula is C7H17N3O. The first-order chi connectivity index (χ1) is 5.33. The van der Waals surface area contributed by atoms with Crippen LogP contribution in [0.1, 0.15) is 13.3 Å². The van der Waals surface area contributed by atoms with Gasteiger partial charge >= 0.3 is 0 Å². The van der Waals surface area contributed by atoms with Crippen LogP contribution < -0.4 is 10.7 Å². The van der Waals surface area contributed by atoms with Crippen LogP contribution >= 0.6 is 0 Å². The molecule has 0 aromatic carbocycles. The van der Waals surface area contributed by atoms with Gasteiger partial charge in [0.15, 0.2) is 0 Å². The van der Waals surface area contributed by atoms with E-state index in [1.54, 1.807) is 0 Å². The molecule has 3 N–H and O–H groups in total.